The van der Waals surface area contributed by atoms with E-state index in [1.54, 1.807) is 0 Å². The van der Waals surface area contributed by atoms with Gasteiger partial charge in [-0.1, -0.05) is 26.2 Å². The highest BCUT2D eigenvalue weighted by Gasteiger charge is 2.13. The predicted molar refractivity (Wildman–Crippen MR) is 77.2 cm³/mol. The first kappa shape index (κ1) is 14.6. The number of hydrogen-bond acceptors (Lipinski definition) is 3. The molecule has 1 unspecified atom stereocenters. The second-order valence-corrected chi connectivity index (χ2v) is 5.94. The molecule has 100 valence electrons. The molecule has 0 amide bonds. The minimum atomic E-state index is 0.401. The summed E-state index contributed by atoms with van der Waals surface area (Å²) in [5, 5.41) is 3.34. The Morgan fingerprint density at radius 3 is 2.71 bits per heavy atom. The first-order chi connectivity index (χ1) is 8.26. The highest BCUT2D eigenvalue weighted by Crippen LogP contribution is 2.20. The molecule has 0 aromatic carbocycles. The molecule has 4 nitrogen and oxygen atoms in total. The van der Waals surface area contributed by atoms with E-state index in [1.165, 1.54) is 32.1 Å². The Morgan fingerprint density at radius 2 is 2.12 bits per heavy atom. The van der Waals surface area contributed by atoms with Gasteiger partial charge in [0.25, 0.3) is 0 Å². The van der Waals surface area contributed by atoms with E-state index >= 15 is 0 Å². The van der Waals surface area contributed by atoms with Gasteiger partial charge in [0.05, 0.1) is 6.04 Å². The summed E-state index contributed by atoms with van der Waals surface area (Å²) in [5.41, 5.74) is 2.69. The van der Waals surface area contributed by atoms with Crippen molar-refractivity contribution >= 4 is 17.7 Å². The van der Waals surface area contributed by atoms with Crippen molar-refractivity contribution in [2.75, 3.05) is 11.5 Å². The second kappa shape index (κ2) is 8.64. The number of rotatable bonds is 5. The molecule has 5 heteroatoms. The maximum atomic E-state index is 5.52. The van der Waals surface area contributed by atoms with Crippen molar-refractivity contribution < 1.29 is 0 Å². The molecule has 1 saturated carbocycles. The Morgan fingerprint density at radius 1 is 1.41 bits per heavy atom. The molecule has 1 aliphatic rings. The van der Waals surface area contributed by atoms with Gasteiger partial charge in [0.15, 0.2) is 0 Å². The summed E-state index contributed by atoms with van der Waals surface area (Å²) in [6.07, 6.45) is 6.35. The standard InChI is InChI=1S/C12H26N4S/c1-3-17-9-10(2)14-12(16-13)15-11-7-5-4-6-8-11/h10-11H,3-9,13H2,1-2H3,(H2,14,15,16). The zero-order valence-corrected chi connectivity index (χ0v) is 11.9. The van der Waals surface area contributed by atoms with Crippen LogP contribution in [0.3, 0.4) is 0 Å². The summed E-state index contributed by atoms with van der Waals surface area (Å²) in [7, 11) is 0. The summed E-state index contributed by atoms with van der Waals surface area (Å²) in [5.74, 6) is 8.50. The van der Waals surface area contributed by atoms with Crippen molar-refractivity contribution in [1.82, 2.24) is 10.7 Å². The molecular weight excluding hydrogens is 232 g/mol. The zero-order chi connectivity index (χ0) is 12.5. The number of thioether (sulfide) groups is 1. The average Bonchev–Trinajstić information content (AvgIpc) is 2.36. The number of hydrazine groups is 1. The van der Waals surface area contributed by atoms with Crippen LogP contribution in [0.1, 0.15) is 46.0 Å². The molecule has 1 rings (SSSR count). The van der Waals surface area contributed by atoms with Gasteiger partial charge in [-0.05, 0) is 25.5 Å². The van der Waals surface area contributed by atoms with Gasteiger partial charge in [-0.25, -0.2) is 10.8 Å². The number of nitrogens with one attached hydrogen (secondary N) is 2. The van der Waals surface area contributed by atoms with Crippen molar-refractivity contribution in [2.45, 2.75) is 58.0 Å². The van der Waals surface area contributed by atoms with Gasteiger partial charge in [0, 0.05) is 11.8 Å². The van der Waals surface area contributed by atoms with Gasteiger partial charge >= 0.3 is 0 Å². The summed E-state index contributed by atoms with van der Waals surface area (Å²) in [6, 6.07) is 0.853. The average molecular weight is 258 g/mol. The molecule has 0 bridgehead atoms. The Balaban J connectivity index is 2.37. The van der Waals surface area contributed by atoms with Crippen molar-refractivity contribution in [2.24, 2.45) is 10.8 Å². The zero-order valence-electron chi connectivity index (χ0n) is 11.0. The van der Waals surface area contributed by atoms with E-state index < -0.39 is 0 Å². The van der Waals surface area contributed by atoms with Crippen molar-refractivity contribution in [3.8, 4) is 0 Å². The van der Waals surface area contributed by atoms with Crippen LogP contribution in [-0.2, 0) is 0 Å². The van der Waals surface area contributed by atoms with Gasteiger partial charge in [-0.2, -0.15) is 11.8 Å². The fourth-order valence-corrected chi connectivity index (χ4v) is 2.75. The molecule has 0 heterocycles. The molecule has 0 aliphatic heterocycles. The fourth-order valence-electron chi connectivity index (χ4n) is 2.08. The normalized spacial score (nSPS) is 20.1. The monoisotopic (exact) mass is 258 g/mol. The SMILES string of the molecule is CCSCC(C)NC(=NC1CCCCC1)NN. The summed E-state index contributed by atoms with van der Waals surface area (Å²) in [6.45, 7) is 4.34. The van der Waals surface area contributed by atoms with Gasteiger partial charge in [0.2, 0.25) is 5.96 Å². The van der Waals surface area contributed by atoms with Crippen LogP contribution in [0.4, 0.5) is 0 Å². The molecule has 0 spiro atoms. The van der Waals surface area contributed by atoms with Crippen LogP contribution in [-0.4, -0.2) is 29.5 Å². The van der Waals surface area contributed by atoms with E-state index in [1.807, 2.05) is 11.8 Å². The Kier molecular flexibility index (Phi) is 7.44. The van der Waals surface area contributed by atoms with Crippen LogP contribution in [0.5, 0.6) is 0 Å². The second-order valence-electron chi connectivity index (χ2n) is 4.62. The lowest BCUT2D eigenvalue weighted by atomic mass is 9.96. The molecule has 1 aliphatic carbocycles. The minimum absolute atomic E-state index is 0.401. The van der Waals surface area contributed by atoms with Gasteiger partial charge in [-0.3, -0.25) is 5.43 Å². The fraction of sp³-hybridized carbons (Fsp3) is 0.917. The van der Waals surface area contributed by atoms with E-state index in [0.717, 1.165) is 17.5 Å². The summed E-state index contributed by atoms with van der Waals surface area (Å²) >= 11 is 1.93. The number of guanidine groups is 1. The Hall–Kier alpha value is -0.420. The van der Waals surface area contributed by atoms with Crippen LogP contribution < -0.4 is 16.6 Å². The number of nitrogens with two attached hydrogens (primary N) is 1. The molecule has 1 fully saturated rings. The van der Waals surface area contributed by atoms with Crippen LogP contribution in [0, 0.1) is 0 Å². The third-order valence-electron chi connectivity index (χ3n) is 2.98. The quantitative estimate of drug-likeness (QED) is 0.305. The van der Waals surface area contributed by atoms with Gasteiger partial charge in [0.1, 0.15) is 0 Å². The van der Waals surface area contributed by atoms with E-state index in [4.69, 9.17) is 5.84 Å². The lowest BCUT2D eigenvalue weighted by Crippen LogP contribution is -2.47. The minimum Gasteiger partial charge on any atom is -0.352 e. The maximum Gasteiger partial charge on any atom is 0.206 e. The topological polar surface area (TPSA) is 62.4 Å². The lowest BCUT2D eigenvalue weighted by Gasteiger charge is -2.21. The third kappa shape index (κ3) is 6.17. The molecular formula is C12H26N4S. The molecule has 4 N–H and O–H groups in total. The van der Waals surface area contributed by atoms with Gasteiger partial charge in [-0.15, -0.1) is 0 Å². The third-order valence-corrected chi connectivity index (χ3v) is 4.12. The van der Waals surface area contributed by atoms with Crippen LogP contribution in [0.25, 0.3) is 0 Å². The lowest BCUT2D eigenvalue weighted by molar-refractivity contribution is 0.440. The highest BCUT2D eigenvalue weighted by molar-refractivity contribution is 7.99. The molecule has 0 aromatic heterocycles. The number of nitrogens with zero attached hydrogens (tertiary/aromatic N) is 1. The smallest absolute Gasteiger partial charge is 0.206 e. The van der Waals surface area contributed by atoms with Crippen molar-refractivity contribution in [3.63, 3.8) is 0 Å². The first-order valence-electron chi connectivity index (χ1n) is 6.65. The highest BCUT2D eigenvalue weighted by atomic mass is 32.2. The van der Waals surface area contributed by atoms with Crippen LogP contribution in [0.2, 0.25) is 0 Å². The van der Waals surface area contributed by atoms with E-state index in [0.29, 0.717) is 12.1 Å². The Labute approximate surface area is 109 Å². The number of hydrogen-bond donors (Lipinski definition) is 3. The van der Waals surface area contributed by atoms with E-state index in [-0.39, 0.29) is 0 Å². The summed E-state index contributed by atoms with van der Waals surface area (Å²) < 4.78 is 0. The van der Waals surface area contributed by atoms with E-state index in [9.17, 15) is 0 Å². The van der Waals surface area contributed by atoms with Crippen LogP contribution in [0.15, 0.2) is 4.99 Å². The van der Waals surface area contributed by atoms with E-state index in [2.05, 4.69) is 29.6 Å². The molecule has 0 saturated heterocycles. The first-order valence-corrected chi connectivity index (χ1v) is 7.80. The molecule has 1 atom stereocenters. The molecule has 0 aromatic rings. The van der Waals surface area contributed by atoms with Crippen molar-refractivity contribution in [3.05, 3.63) is 0 Å². The molecule has 0 radical (unpaired) electrons. The Bertz CT molecular complexity index is 227. The summed E-state index contributed by atoms with van der Waals surface area (Å²) in [4.78, 5) is 4.66. The largest absolute Gasteiger partial charge is 0.352 e. The molecule has 17 heavy (non-hydrogen) atoms. The van der Waals surface area contributed by atoms with Crippen LogP contribution >= 0.6 is 11.8 Å². The maximum absolute atomic E-state index is 5.52. The van der Waals surface area contributed by atoms with Gasteiger partial charge < -0.3 is 5.32 Å². The number of aliphatic imine (C=N–C) groups is 1. The predicted octanol–water partition coefficient (Wildman–Crippen LogP) is 1.87. The van der Waals surface area contributed by atoms with Crippen molar-refractivity contribution in [1.29, 1.82) is 0 Å².